The third-order valence-electron chi connectivity index (χ3n) is 6.44. The number of aliphatic hydroxyl groups excluding tert-OH is 1. The molecule has 1 aromatic carbocycles. The van der Waals surface area contributed by atoms with Crippen molar-refractivity contribution in [2.45, 2.75) is 44.9 Å². The van der Waals surface area contributed by atoms with Crippen LogP contribution in [0.2, 0.25) is 0 Å². The number of halogens is 3. The largest absolute Gasteiger partial charge is 0.417 e. The van der Waals surface area contributed by atoms with Gasteiger partial charge in [-0.3, -0.25) is 4.79 Å². The predicted octanol–water partition coefficient (Wildman–Crippen LogP) is 4.96. The first-order chi connectivity index (χ1) is 14.2. The number of rotatable bonds is 2. The van der Waals surface area contributed by atoms with Crippen molar-refractivity contribution in [3.63, 3.8) is 0 Å². The Kier molecular flexibility index (Phi) is 5.49. The van der Waals surface area contributed by atoms with E-state index in [0.29, 0.717) is 11.3 Å². The van der Waals surface area contributed by atoms with E-state index in [-0.39, 0.29) is 11.5 Å². The Morgan fingerprint density at radius 2 is 1.80 bits per heavy atom. The average molecular weight is 417 g/mol. The van der Waals surface area contributed by atoms with Gasteiger partial charge in [0.1, 0.15) is 0 Å². The Morgan fingerprint density at radius 3 is 2.37 bits per heavy atom. The normalized spacial score (nSPS) is 23.4. The molecule has 1 saturated heterocycles. The van der Waals surface area contributed by atoms with E-state index in [9.17, 15) is 23.1 Å². The van der Waals surface area contributed by atoms with Gasteiger partial charge < -0.3 is 10.0 Å². The van der Waals surface area contributed by atoms with Crippen LogP contribution in [0.4, 0.5) is 13.2 Å². The third kappa shape index (κ3) is 4.30. The molecule has 0 bridgehead atoms. The molecule has 0 amide bonds. The monoisotopic (exact) mass is 417 g/mol. The number of alkyl halides is 3. The van der Waals surface area contributed by atoms with E-state index in [1.807, 2.05) is 18.2 Å². The maximum absolute atomic E-state index is 12.8. The lowest BCUT2D eigenvalue weighted by Crippen LogP contribution is -2.47. The highest BCUT2D eigenvalue weighted by molar-refractivity contribution is 6.02. The van der Waals surface area contributed by atoms with Gasteiger partial charge in [-0.1, -0.05) is 37.3 Å². The van der Waals surface area contributed by atoms with Crippen LogP contribution in [0.15, 0.2) is 42.5 Å². The summed E-state index contributed by atoms with van der Waals surface area (Å²) in [5.41, 5.74) is 2.45. The third-order valence-corrected chi connectivity index (χ3v) is 6.44. The van der Waals surface area contributed by atoms with Crippen molar-refractivity contribution in [1.82, 2.24) is 4.90 Å². The lowest BCUT2D eigenvalue weighted by atomic mass is 9.71. The molecular formula is C24H26F3NO2. The topological polar surface area (TPSA) is 40.5 Å². The molecule has 6 heteroatoms. The van der Waals surface area contributed by atoms with Crippen LogP contribution in [0.5, 0.6) is 0 Å². The van der Waals surface area contributed by atoms with Crippen molar-refractivity contribution in [3.8, 4) is 11.1 Å². The first kappa shape index (κ1) is 21.1. The molecule has 1 fully saturated rings. The van der Waals surface area contributed by atoms with Crippen molar-refractivity contribution < 1.29 is 23.1 Å². The lowest BCUT2D eigenvalue weighted by molar-refractivity contribution is -0.136. The van der Waals surface area contributed by atoms with Crippen LogP contribution >= 0.6 is 0 Å². The highest BCUT2D eigenvalue weighted by Crippen LogP contribution is 2.46. The fraction of sp³-hybridized carbons (Fsp3) is 0.458. The standard InChI is InChI=1S/C17H23NO2.C7H3F3/c1-17(12-18-10-7-14(19)8-11-18)9-6-13-4-2-3-5-15(13)16(17)20;8-7(9,10)6-2-1-4-3-5(4)6/h2-5,14,19H,6-12H2,1H3;1-3H. The van der Waals surface area contributed by atoms with Gasteiger partial charge in [0.05, 0.1) is 11.7 Å². The molecule has 0 saturated carbocycles. The number of likely N-dealkylation sites (tertiary alicyclic amines) is 1. The van der Waals surface area contributed by atoms with E-state index < -0.39 is 11.7 Å². The second-order valence-electron chi connectivity index (χ2n) is 8.81. The van der Waals surface area contributed by atoms with Crippen LogP contribution in [0.3, 0.4) is 0 Å². The Bertz CT molecular complexity index is 948. The number of nitrogens with zero attached hydrogens (tertiary/aromatic N) is 1. The van der Waals surface area contributed by atoms with Gasteiger partial charge in [-0.05, 0) is 54.5 Å². The van der Waals surface area contributed by atoms with Gasteiger partial charge in [0, 0.05) is 30.6 Å². The van der Waals surface area contributed by atoms with E-state index in [4.69, 9.17) is 0 Å². The molecule has 5 rings (SSSR count). The highest BCUT2D eigenvalue weighted by atomic mass is 19.4. The number of carbonyl (C=O) groups excluding carboxylic acids is 1. The minimum Gasteiger partial charge on any atom is -0.393 e. The average Bonchev–Trinajstić information content (AvgIpc) is 3.35. The maximum atomic E-state index is 12.8. The summed E-state index contributed by atoms with van der Waals surface area (Å²) in [6.07, 6.45) is -0.721. The zero-order chi connectivity index (χ0) is 21.5. The molecule has 1 N–H and O–H groups in total. The van der Waals surface area contributed by atoms with Crippen LogP contribution in [0, 0.1) is 5.41 Å². The number of hydrogen-bond acceptors (Lipinski definition) is 3. The number of fused-ring (bicyclic) bond motifs is 2. The summed E-state index contributed by atoms with van der Waals surface area (Å²) >= 11 is 0. The summed E-state index contributed by atoms with van der Waals surface area (Å²) in [7, 11) is 0. The SMILES string of the molecule is CC1(CN2CCC(O)CC2)CCc2ccccc2C1=O.FC(F)(F)c1ccc2cc1-2. The fourth-order valence-corrected chi connectivity index (χ4v) is 4.53. The van der Waals surface area contributed by atoms with Crippen LogP contribution < -0.4 is 0 Å². The molecule has 1 heterocycles. The van der Waals surface area contributed by atoms with Gasteiger partial charge in [0.2, 0.25) is 0 Å². The van der Waals surface area contributed by atoms with Crippen molar-refractivity contribution in [2.24, 2.45) is 5.41 Å². The molecule has 1 aromatic rings. The number of piperidine rings is 1. The Labute approximate surface area is 174 Å². The summed E-state index contributed by atoms with van der Waals surface area (Å²) in [5.74, 6) is 0.297. The maximum Gasteiger partial charge on any atom is 0.417 e. The first-order valence-electron chi connectivity index (χ1n) is 10.4. The van der Waals surface area contributed by atoms with Gasteiger partial charge in [-0.2, -0.15) is 13.2 Å². The lowest BCUT2D eigenvalue weighted by Gasteiger charge is -2.39. The molecular weight excluding hydrogens is 391 g/mol. The van der Waals surface area contributed by atoms with Gasteiger partial charge in [-0.25, -0.2) is 0 Å². The first-order valence-corrected chi connectivity index (χ1v) is 10.4. The molecule has 1 aliphatic heterocycles. The van der Waals surface area contributed by atoms with Crippen molar-refractivity contribution >= 4 is 5.78 Å². The molecule has 0 radical (unpaired) electrons. The second kappa shape index (κ2) is 7.82. The van der Waals surface area contributed by atoms with Crippen molar-refractivity contribution in [3.05, 3.63) is 59.2 Å². The smallest absolute Gasteiger partial charge is 0.393 e. The van der Waals surface area contributed by atoms with Gasteiger partial charge >= 0.3 is 6.18 Å². The number of ketones is 1. The molecule has 3 nitrogen and oxygen atoms in total. The van der Waals surface area contributed by atoms with E-state index in [0.717, 1.165) is 62.5 Å². The van der Waals surface area contributed by atoms with E-state index in [2.05, 4.69) is 17.9 Å². The molecule has 0 aromatic heterocycles. The van der Waals surface area contributed by atoms with E-state index >= 15 is 0 Å². The fourth-order valence-electron chi connectivity index (χ4n) is 4.53. The minimum absolute atomic E-state index is 0.151. The molecule has 4 aliphatic rings. The Balaban J connectivity index is 0.000000181. The number of hydrogen-bond donors (Lipinski definition) is 1. The summed E-state index contributed by atoms with van der Waals surface area (Å²) < 4.78 is 35.7. The number of Topliss-reactive ketones (excluding diaryl/α,β-unsaturated/α-hetero) is 1. The second-order valence-corrected chi connectivity index (χ2v) is 8.81. The Hall–Kier alpha value is -2.18. The van der Waals surface area contributed by atoms with Crippen molar-refractivity contribution in [1.29, 1.82) is 0 Å². The van der Waals surface area contributed by atoms with Gasteiger partial charge in [0.25, 0.3) is 0 Å². The number of aliphatic hydroxyl groups is 1. The minimum atomic E-state index is -4.17. The number of carbonyl (C=O) groups is 1. The van der Waals surface area contributed by atoms with E-state index in [1.54, 1.807) is 0 Å². The molecule has 30 heavy (non-hydrogen) atoms. The van der Waals surface area contributed by atoms with Gasteiger partial charge in [-0.15, -0.1) is 0 Å². The summed E-state index contributed by atoms with van der Waals surface area (Å²) in [5, 5.41) is 9.59. The zero-order valence-corrected chi connectivity index (χ0v) is 17.0. The number of benzene rings is 2. The van der Waals surface area contributed by atoms with Crippen molar-refractivity contribution in [2.75, 3.05) is 19.6 Å². The summed E-state index contributed by atoms with van der Waals surface area (Å²) in [6.45, 7) is 4.75. The molecule has 1 atom stereocenters. The van der Waals surface area contributed by atoms with Crippen LogP contribution in [-0.4, -0.2) is 41.5 Å². The van der Waals surface area contributed by atoms with Gasteiger partial charge in [0.15, 0.2) is 5.78 Å². The predicted molar refractivity (Wildman–Crippen MR) is 109 cm³/mol. The van der Waals surface area contributed by atoms with Crippen LogP contribution in [0.25, 0.3) is 11.1 Å². The Morgan fingerprint density at radius 1 is 1.10 bits per heavy atom. The van der Waals surface area contributed by atoms with Crippen LogP contribution in [0.1, 0.15) is 47.7 Å². The van der Waals surface area contributed by atoms with Crippen LogP contribution in [-0.2, 0) is 12.6 Å². The summed E-state index contributed by atoms with van der Waals surface area (Å²) in [4.78, 5) is 15.1. The quantitative estimate of drug-likeness (QED) is 0.640. The zero-order valence-electron chi connectivity index (χ0n) is 17.0. The number of aryl methyl sites for hydroxylation is 1. The molecule has 1 unspecified atom stereocenters. The molecule has 0 spiro atoms. The molecule has 160 valence electrons. The van der Waals surface area contributed by atoms with E-state index in [1.165, 1.54) is 17.7 Å². The highest BCUT2D eigenvalue weighted by Gasteiger charge is 2.40. The molecule has 3 aliphatic carbocycles. The summed E-state index contributed by atoms with van der Waals surface area (Å²) in [6, 6.07) is 12.1.